The minimum absolute atomic E-state index is 0.335. The Morgan fingerprint density at radius 2 is 1.77 bits per heavy atom. The molecule has 0 radical (unpaired) electrons. The average Bonchev–Trinajstić information content (AvgIpc) is 2.93. The Bertz CT molecular complexity index is 1470. The quantitative estimate of drug-likeness (QED) is 0.289. The summed E-state index contributed by atoms with van der Waals surface area (Å²) in [4.78, 5) is 10.8. The van der Waals surface area contributed by atoms with E-state index in [9.17, 15) is 13.2 Å². The van der Waals surface area contributed by atoms with Gasteiger partial charge in [-0.2, -0.15) is 18.4 Å². The van der Waals surface area contributed by atoms with Gasteiger partial charge in [-0.1, -0.05) is 30.3 Å². The third-order valence-corrected chi connectivity index (χ3v) is 6.64. The van der Waals surface area contributed by atoms with E-state index in [0.29, 0.717) is 31.2 Å². The van der Waals surface area contributed by atoms with Gasteiger partial charge in [0.15, 0.2) is 0 Å². The molecule has 0 unspecified atom stereocenters. The smallest absolute Gasteiger partial charge is 0.417 e. The first kappa shape index (κ1) is 26.0. The topological polar surface area (TPSA) is 74.1 Å². The Hall–Kier alpha value is -4.58. The molecule has 0 saturated heterocycles. The fourth-order valence-corrected chi connectivity index (χ4v) is 4.61. The predicted octanol–water partition coefficient (Wildman–Crippen LogP) is 7.03. The van der Waals surface area contributed by atoms with Crippen LogP contribution >= 0.6 is 0 Å². The number of hydrogen-bond donors (Lipinski definition) is 1. The lowest BCUT2D eigenvalue weighted by Crippen LogP contribution is -2.28. The number of rotatable bonds is 6. The first-order valence-corrected chi connectivity index (χ1v) is 12.6. The molecule has 1 aliphatic rings. The Morgan fingerprint density at radius 1 is 0.974 bits per heavy atom. The van der Waals surface area contributed by atoms with Crippen LogP contribution in [0.25, 0.3) is 0 Å². The summed E-state index contributed by atoms with van der Waals surface area (Å²) in [5.74, 6) is 1.43. The molecule has 9 heteroatoms. The van der Waals surface area contributed by atoms with E-state index in [4.69, 9.17) is 10.00 Å². The van der Waals surface area contributed by atoms with Crippen molar-refractivity contribution in [2.75, 3.05) is 16.8 Å². The second-order valence-corrected chi connectivity index (χ2v) is 9.29. The zero-order valence-corrected chi connectivity index (χ0v) is 21.1. The lowest BCUT2D eigenvalue weighted by molar-refractivity contribution is -0.137. The van der Waals surface area contributed by atoms with Crippen LogP contribution < -0.4 is 15.0 Å². The molecule has 0 atom stereocenters. The molecule has 3 aromatic carbocycles. The maximum absolute atomic E-state index is 13.6. The molecule has 0 saturated carbocycles. The van der Waals surface area contributed by atoms with Crippen molar-refractivity contribution in [1.82, 2.24) is 9.97 Å². The molecule has 5 rings (SSSR count). The number of hydrogen-bond acceptors (Lipinski definition) is 6. The second-order valence-electron chi connectivity index (χ2n) is 9.29. The van der Waals surface area contributed by atoms with Crippen molar-refractivity contribution < 1.29 is 17.9 Å². The van der Waals surface area contributed by atoms with E-state index in [0.717, 1.165) is 53.6 Å². The van der Waals surface area contributed by atoms with E-state index < -0.39 is 11.7 Å². The Labute approximate surface area is 224 Å². The number of nitriles is 1. The molecule has 0 spiro atoms. The van der Waals surface area contributed by atoms with Crippen molar-refractivity contribution in [2.24, 2.45) is 0 Å². The maximum Gasteiger partial charge on any atom is 0.417 e. The first-order valence-electron chi connectivity index (χ1n) is 12.6. The van der Waals surface area contributed by atoms with Crippen LogP contribution in [0.5, 0.6) is 5.75 Å². The molecule has 39 heavy (non-hydrogen) atoms. The van der Waals surface area contributed by atoms with Gasteiger partial charge in [0.25, 0.3) is 0 Å². The summed E-state index contributed by atoms with van der Waals surface area (Å²) in [6.45, 7) is 1.40. The van der Waals surface area contributed by atoms with Crippen LogP contribution in [0.2, 0.25) is 0 Å². The summed E-state index contributed by atoms with van der Waals surface area (Å²) < 4.78 is 46.6. The summed E-state index contributed by atoms with van der Waals surface area (Å²) >= 11 is 0. The van der Waals surface area contributed by atoms with Crippen LogP contribution in [0, 0.1) is 11.3 Å². The summed E-state index contributed by atoms with van der Waals surface area (Å²) in [5.41, 5.74) is 2.72. The van der Waals surface area contributed by atoms with Crippen molar-refractivity contribution in [3.8, 4) is 11.8 Å². The number of aromatic nitrogens is 2. The Balaban J connectivity index is 1.33. The van der Waals surface area contributed by atoms with Gasteiger partial charge in [0, 0.05) is 23.5 Å². The minimum atomic E-state index is -4.61. The number of fused-ring (bicyclic) bond motifs is 1. The molecule has 0 bridgehead atoms. The van der Waals surface area contributed by atoms with E-state index in [-0.39, 0.29) is 5.56 Å². The molecule has 198 valence electrons. The molecule has 2 heterocycles. The lowest BCUT2D eigenvalue weighted by Gasteiger charge is -2.29. The van der Waals surface area contributed by atoms with Gasteiger partial charge in [-0.25, -0.2) is 9.97 Å². The number of benzene rings is 3. The molecule has 1 aliphatic heterocycles. The number of ether oxygens (including phenoxy) is 1. The normalized spacial score (nSPS) is 13.5. The summed E-state index contributed by atoms with van der Waals surface area (Å²) in [6.07, 6.45) is -0.754. The predicted molar refractivity (Wildman–Crippen MR) is 143 cm³/mol. The fourth-order valence-electron chi connectivity index (χ4n) is 4.61. The van der Waals surface area contributed by atoms with Crippen molar-refractivity contribution in [3.05, 3.63) is 107 Å². The van der Waals surface area contributed by atoms with Gasteiger partial charge in [-0.3, -0.25) is 0 Å². The van der Waals surface area contributed by atoms with Crippen molar-refractivity contribution in [2.45, 2.75) is 38.6 Å². The van der Waals surface area contributed by atoms with Crippen LogP contribution in [0.1, 0.15) is 40.8 Å². The number of halogens is 3. The summed E-state index contributed by atoms with van der Waals surface area (Å²) in [5, 5.41) is 12.5. The second kappa shape index (κ2) is 11.4. The third kappa shape index (κ3) is 6.29. The van der Waals surface area contributed by atoms with E-state index in [1.54, 1.807) is 12.1 Å². The maximum atomic E-state index is 13.6. The van der Waals surface area contributed by atoms with E-state index in [1.807, 2.05) is 59.5 Å². The van der Waals surface area contributed by atoms with Gasteiger partial charge in [-0.15, -0.1) is 0 Å². The van der Waals surface area contributed by atoms with Crippen molar-refractivity contribution >= 4 is 17.2 Å². The highest BCUT2D eigenvalue weighted by atomic mass is 19.4. The van der Waals surface area contributed by atoms with Crippen molar-refractivity contribution in [1.29, 1.82) is 5.26 Å². The molecule has 4 aromatic rings. The molecular formula is C30H26F3N5O. The largest absolute Gasteiger partial charge is 0.489 e. The highest BCUT2D eigenvalue weighted by Gasteiger charge is 2.34. The van der Waals surface area contributed by atoms with E-state index >= 15 is 0 Å². The molecule has 0 amide bonds. The standard InChI is InChI=1S/C30H26F3N5O/c31-30(32,33)27-16-24(12-9-22(27)17-34)38-15-5-4-8-26-28(18-38)35-20-36-29(26)37-23-10-13-25(14-11-23)39-19-21-6-2-1-3-7-21/h1-3,6-7,9-14,16,20H,4-5,8,15,18-19H2,(H,35,36,37). The molecule has 1 aromatic heterocycles. The third-order valence-electron chi connectivity index (χ3n) is 6.64. The van der Waals surface area contributed by atoms with Gasteiger partial charge < -0.3 is 15.0 Å². The number of nitrogens with one attached hydrogen (secondary N) is 1. The average molecular weight is 530 g/mol. The molecular weight excluding hydrogens is 503 g/mol. The lowest BCUT2D eigenvalue weighted by atomic mass is 10.0. The number of alkyl halides is 3. The molecule has 1 N–H and O–H groups in total. The number of anilines is 3. The Kier molecular flexibility index (Phi) is 7.64. The van der Waals surface area contributed by atoms with Crippen LogP contribution in [0.4, 0.5) is 30.4 Å². The van der Waals surface area contributed by atoms with Crippen LogP contribution in [-0.2, 0) is 25.7 Å². The minimum Gasteiger partial charge on any atom is -0.489 e. The highest BCUT2D eigenvalue weighted by Crippen LogP contribution is 2.35. The van der Waals surface area contributed by atoms with Gasteiger partial charge in [0.05, 0.1) is 29.4 Å². The zero-order chi connectivity index (χ0) is 27.2. The van der Waals surface area contributed by atoms with Crippen molar-refractivity contribution in [3.63, 3.8) is 0 Å². The SMILES string of the molecule is N#Cc1ccc(N2CCCCc3c(ncnc3Nc3ccc(OCc4ccccc4)cc3)C2)cc1C(F)(F)F. The van der Waals surface area contributed by atoms with Gasteiger partial charge in [-0.05, 0) is 67.3 Å². The first-order chi connectivity index (χ1) is 18.9. The number of nitrogens with zero attached hydrogens (tertiary/aromatic N) is 4. The zero-order valence-electron chi connectivity index (χ0n) is 21.1. The van der Waals surface area contributed by atoms with Crippen LogP contribution in [0.15, 0.2) is 79.1 Å². The van der Waals surface area contributed by atoms with Gasteiger partial charge >= 0.3 is 6.18 Å². The molecule has 0 fully saturated rings. The Morgan fingerprint density at radius 3 is 2.51 bits per heavy atom. The van der Waals surface area contributed by atoms with Crippen LogP contribution in [0.3, 0.4) is 0 Å². The monoisotopic (exact) mass is 529 g/mol. The van der Waals surface area contributed by atoms with E-state index in [1.165, 1.54) is 12.4 Å². The molecule has 0 aliphatic carbocycles. The van der Waals surface area contributed by atoms with Gasteiger partial charge in [0.2, 0.25) is 0 Å². The molecule has 6 nitrogen and oxygen atoms in total. The fraction of sp³-hybridized carbons (Fsp3) is 0.233. The summed E-state index contributed by atoms with van der Waals surface area (Å²) in [6, 6.07) is 23.0. The summed E-state index contributed by atoms with van der Waals surface area (Å²) in [7, 11) is 0. The highest BCUT2D eigenvalue weighted by molar-refractivity contribution is 5.62. The van der Waals surface area contributed by atoms with E-state index in [2.05, 4.69) is 15.3 Å². The van der Waals surface area contributed by atoms with Gasteiger partial charge in [0.1, 0.15) is 24.5 Å². The van der Waals surface area contributed by atoms with Crippen LogP contribution in [-0.4, -0.2) is 16.5 Å².